The average molecular weight is 449 g/mol. The first-order valence-corrected chi connectivity index (χ1v) is 9.47. The summed E-state index contributed by atoms with van der Waals surface area (Å²) in [4.78, 5) is 12.3. The van der Waals surface area contributed by atoms with Gasteiger partial charge >= 0.3 is 12.2 Å². The first-order valence-electron chi connectivity index (χ1n) is 9.09. The van der Waals surface area contributed by atoms with Crippen LogP contribution < -0.4 is 10.6 Å². The summed E-state index contributed by atoms with van der Waals surface area (Å²) >= 11 is 5.96. The molecule has 0 saturated carbocycles. The number of halogens is 4. The Balaban J connectivity index is 1.52. The number of rotatable bonds is 4. The van der Waals surface area contributed by atoms with E-state index in [4.69, 9.17) is 11.6 Å². The first-order chi connectivity index (χ1) is 14.7. The molecule has 2 heterocycles. The van der Waals surface area contributed by atoms with Crippen molar-refractivity contribution in [3.63, 3.8) is 0 Å². The van der Waals surface area contributed by atoms with Gasteiger partial charge in [-0.15, -0.1) is 0 Å². The maximum Gasteiger partial charge on any atom is 0.435 e. The van der Waals surface area contributed by atoms with Gasteiger partial charge in [-0.05, 0) is 42.5 Å². The second-order valence-electron chi connectivity index (χ2n) is 6.76. The summed E-state index contributed by atoms with van der Waals surface area (Å²) in [5.74, 6) is 0. The number of anilines is 1. The van der Waals surface area contributed by atoms with Gasteiger partial charge in [-0.25, -0.2) is 9.48 Å². The monoisotopic (exact) mass is 448 g/mol. The molecule has 4 aromatic rings. The van der Waals surface area contributed by atoms with Crippen LogP contribution in [0.25, 0.3) is 16.6 Å². The third-order valence-electron chi connectivity index (χ3n) is 4.56. The van der Waals surface area contributed by atoms with Gasteiger partial charge in [-0.3, -0.25) is 4.68 Å². The largest absolute Gasteiger partial charge is 0.435 e. The lowest BCUT2D eigenvalue weighted by Crippen LogP contribution is -2.29. The zero-order valence-corrected chi connectivity index (χ0v) is 16.9. The SMILES string of the molecule is Cn1ncc2cc(NC(=O)NCc3cc(C(F)(F)F)nn3-c3cccc(Cl)c3)ccc21. The van der Waals surface area contributed by atoms with Crippen LogP contribution in [-0.2, 0) is 19.8 Å². The predicted octanol–water partition coefficient (Wildman–Crippen LogP) is 4.75. The summed E-state index contributed by atoms with van der Waals surface area (Å²) < 4.78 is 42.4. The van der Waals surface area contributed by atoms with Gasteiger partial charge in [0.25, 0.3) is 0 Å². The Morgan fingerprint density at radius 2 is 1.97 bits per heavy atom. The molecule has 31 heavy (non-hydrogen) atoms. The predicted molar refractivity (Wildman–Crippen MR) is 110 cm³/mol. The minimum atomic E-state index is -4.63. The molecule has 2 N–H and O–H groups in total. The Morgan fingerprint density at radius 3 is 2.71 bits per heavy atom. The summed E-state index contributed by atoms with van der Waals surface area (Å²) in [5.41, 5.74) is 0.856. The van der Waals surface area contributed by atoms with Gasteiger partial charge < -0.3 is 10.6 Å². The molecule has 0 fully saturated rings. The summed E-state index contributed by atoms with van der Waals surface area (Å²) in [6.07, 6.45) is -2.96. The Bertz CT molecular complexity index is 1260. The van der Waals surface area contributed by atoms with Crippen LogP contribution in [0.15, 0.2) is 54.7 Å². The second-order valence-corrected chi connectivity index (χ2v) is 7.20. The highest BCUT2D eigenvalue weighted by Crippen LogP contribution is 2.30. The van der Waals surface area contributed by atoms with E-state index < -0.39 is 17.9 Å². The van der Waals surface area contributed by atoms with Crippen LogP contribution in [-0.4, -0.2) is 25.6 Å². The third-order valence-corrected chi connectivity index (χ3v) is 4.80. The highest BCUT2D eigenvalue weighted by Gasteiger charge is 2.35. The van der Waals surface area contributed by atoms with E-state index in [2.05, 4.69) is 20.8 Å². The molecule has 160 valence electrons. The maximum absolute atomic E-state index is 13.2. The van der Waals surface area contributed by atoms with Gasteiger partial charge in [0.2, 0.25) is 0 Å². The number of aromatic nitrogens is 4. The molecule has 11 heteroatoms. The molecule has 0 aliphatic carbocycles. The minimum absolute atomic E-state index is 0.146. The highest BCUT2D eigenvalue weighted by atomic mass is 35.5. The van der Waals surface area contributed by atoms with Crippen molar-refractivity contribution in [1.82, 2.24) is 24.9 Å². The molecule has 0 atom stereocenters. The number of amides is 2. The third kappa shape index (κ3) is 4.48. The van der Waals surface area contributed by atoms with E-state index in [9.17, 15) is 18.0 Å². The van der Waals surface area contributed by atoms with Crippen LogP contribution >= 0.6 is 11.6 Å². The Morgan fingerprint density at radius 1 is 1.16 bits per heavy atom. The van der Waals surface area contributed by atoms with Crippen molar-refractivity contribution in [2.75, 3.05) is 5.32 Å². The number of nitrogens with one attached hydrogen (secondary N) is 2. The van der Waals surface area contributed by atoms with Crippen molar-refractivity contribution in [2.45, 2.75) is 12.7 Å². The van der Waals surface area contributed by atoms with Gasteiger partial charge in [0.1, 0.15) is 0 Å². The van der Waals surface area contributed by atoms with Crippen LogP contribution in [0, 0.1) is 0 Å². The number of aryl methyl sites for hydroxylation is 1. The van der Waals surface area contributed by atoms with Gasteiger partial charge in [0, 0.05) is 23.1 Å². The lowest BCUT2D eigenvalue weighted by Gasteiger charge is -2.10. The molecule has 7 nitrogen and oxygen atoms in total. The fourth-order valence-electron chi connectivity index (χ4n) is 3.10. The van der Waals surface area contributed by atoms with Crippen LogP contribution in [0.4, 0.5) is 23.7 Å². The maximum atomic E-state index is 13.2. The molecule has 0 aliphatic rings. The van der Waals surface area contributed by atoms with Gasteiger partial charge in [0.15, 0.2) is 5.69 Å². The van der Waals surface area contributed by atoms with E-state index in [0.717, 1.165) is 21.7 Å². The molecular weight excluding hydrogens is 433 g/mol. The number of hydrogen-bond donors (Lipinski definition) is 2. The lowest BCUT2D eigenvalue weighted by molar-refractivity contribution is -0.141. The van der Waals surface area contributed by atoms with Crippen molar-refractivity contribution < 1.29 is 18.0 Å². The van der Waals surface area contributed by atoms with Crippen molar-refractivity contribution in [1.29, 1.82) is 0 Å². The number of alkyl halides is 3. The normalized spacial score (nSPS) is 11.6. The average Bonchev–Trinajstić information content (AvgIpc) is 3.30. The summed E-state index contributed by atoms with van der Waals surface area (Å²) in [6.45, 7) is -0.184. The van der Waals surface area contributed by atoms with Crippen molar-refractivity contribution in [2.24, 2.45) is 7.05 Å². The van der Waals surface area contributed by atoms with E-state index in [1.807, 2.05) is 6.07 Å². The molecule has 0 radical (unpaired) electrons. The van der Waals surface area contributed by atoms with Crippen LogP contribution in [0.5, 0.6) is 0 Å². The number of hydrogen-bond acceptors (Lipinski definition) is 3. The topological polar surface area (TPSA) is 76.8 Å². The number of carbonyl (C=O) groups excluding carboxylic acids is 1. The first kappa shape index (κ1) is 20.7. The summed E-state index contributed by atoms with van der Waals surface area (Å²) in [7, 11) is 1.81. The Hall–Kier alpha value is -3.53. The second kappa shape index (κ2) is 7.95. The van der Waals surface area contributed by atoms with Gasteiger partial charge in [-0.1, -0.05) is 17.7 Å². The van der Waals surface area contributed by atoms with Crippen LogP contribution in [0.2, 0.25) is 5.02 Å². The minimum Gasteiger partial charge on any atom is -0.332 e. The Kier molecular flexibility index (Phi) is 5.32. The van der Waals surface area contributed by atoms with E-state index in [-0.39, 0.29) is 12.2 Å². The van der Waals surface area contributed by atoms with E-state index >= 15 is 0 Å². The molecule has 0 spiro atoms. The fourth-order valence-corrected chi connectivity index (χ4v) is 3.29. The number of fused-ring (bicyclic) bond motifs is 1. The molecule has 4 rings (SSSR count). The zero-order valence-electron chi connectivity index (χ0n) is 16.1. The zero-order chi connectivity index (χ0) is 22.2. The Labute approximate surface area is 179 Å². The van der Waals surface area contributed by atoms with E-state index in [0.29, 0.717) is 16.4 Å². The number of benzene rings is 2. The van der Waals surface area contributed by atoms with Crippen LogP contribution in [0.1, 0.15) is 11.4 Å². The smallest absolute Gasteiger partial charge is 0.332 e. The molecule has 2 aromatic heterocycles. The fraction of sp³-hybridized carbons (Fsp3) is 0.150. The molecule has 0 bridgehead atoms. The number of carbonyl (C=O) groups is 1. The molecule has 2 aromatic carbocycles. The van der Waals surface area contributed by atoms with Gasteiger partial charge in [-0.2, -0.15) is 23.4 Å². The standard InChI is InChI=1S/C20H16ClF3N6O/c1-29-17-6-5-14(7-12(17)10-26-29)27-19(31)25-11-16-9-18(20(22,23)24)28-30(16)15-4-2-3-13(21)8-15/h2-10H,11H2,1H3,(H2,25,27,31). The van der Waals surface area contributed by atoms with E-state index in [1.54, 1.807) is 48.3 Å². The molecular formula is C20H16ClF3N6O. The van der Waals surface area contributed by atoms with E-state index in [1.165, 1.54) is 6.07 Å². The van der Waals surface area contributed by atoms with Crippen molar-refractivity contribution >= 4 is 34.2 Å². The highest BCUT2D eigenvalue weighted by molar-refractivity contribution is 6.30. The molecule has 0 saturated heterocycles. The molecule has 0 aliphatic heterocycles. The van der Waals surface area contributed by atoms with Crippen molar-refractivity contribution in [3.8, 4) is 5.69 Å². The van der Waals surface area contributed by atoms with Gasteiger partial charge in [0.05, 0.1) is 29.6 Å². The number of urea groups is 1. The van der Waals surface area contributed by atoms with Crippen LogP contribution in [0.3, 0.4) is 0 Å². The molecule has 0 unspecified atom stereocenters. The quantitative estimate of drug-likeness (QED) is 0.473. The molecule has 2 amide bonds. The number of nitrogens with zero attached hydrogens (tertiary/aromatic N) is 4. The lowest BCUT2D eigenvalue weighted by atomic mass is 10.2. The summed E-state index contributed by atoms with van der Waals surface area (Å²) in [6, 6.07) is 11.9. The summed E-state index contributed by atoms with van der Waals surface area (Å²) in [5, 5.41) is 14.2. The van der Waals surface area contributed by atoms with Crippen molar-refractivity contribution in [3.05, 3.63) is 71.1 Å².